The largest absolute Gasteiger partial charge is 0.481 e. The molecule has 0 radical (unpaired) electrons. The molecule has 1 saturated carbocycles. The van der Waals surface area contributed by atoms with Gasteiger partial charge in [0.15, 0.2) is 0 Å². The van der Waals surface area contributed by atoms with Gasteiger partial charge in [-0.1, -0.05) is 6.92 Å². The minimum atomic E-state index is -0.857. The number of rotatable bonds is 5. The van der Waals surface area contributed by atoms with Crippen LogP contribution < -0.4 is 5.32 Å². The molecule has 0 aromatic carbocycles. The van der Waals surface area contributed by atoms with Crippen molar-refractivity contribution in [2.24, 2.45) is 17.8 Å². The van der Waals surface area contributed by atoms with Gasteiger partial charge in [0.2, 0.25) is 5.91 Å². The van der Waals surface area contributed by atoms with Crippen LogP contribution in [0.15, 0.2) is 5.38 Å². The van der Waals surface area contributed by atoms with Crippen molar-refractivity contribution in [3.05, 3.63) is 16.1 Å². The molecule has 3 atom stereocenters. The molecule has 5 nitrogen and oxygen atoms in total. The summed E-state index contributed by atoms with van der Waals surface area (Å²) >= 11 is 1.59. The van der Waals surface area contributed by atoms with Gasteiger partial charge in [-0.25, -0.2) is 4.98 Å². The van der Waals surface area contributed by atoms with Gasteiger partial charge in [0.1, 0.15) is 0 Å². The smallest absolute Gasteiger partial charge is 0.307 e. The molecule has 1 unspecified atom stereocenters. The third-order valence-corrected chi connectivity index (χ3v) is 4.62. The number of hydrogen-bond donors (Lipinski definition) is 2. The highest BCUT2D eigenvalue weighted by atomic mass is 32.1. The Hall–Kier alpha value is -1.43. The number of carboxylic acid groups (broad SMARTS) is 1. The first-order valence-electron chi connectivity index (χ1n) is 6.89. The lowest BCUT2D eigenvalue weighted by molar-refractivity contribution is -0.146. The predicted octanol–water partition coefficient (Wildman–Crippen LogP) is 1.86. The van der Waals surface area contributed by atoms with E-state index in [0.717, 1.165) is 10.7 Å². The molecule has 2 N–H and O–H groups in total. The molecule has 1 heterocycles. The number of hydrogen-bond acceptors (Lipinski definition) is 4. The van der Waals surface area contributed by atoms with Gasteiger partial charge in [-0.3, -0.25) is 9.59 Å². The number of carboxylic acids is 1. The monoisotopic (exact) mass is 296 g/mol. The van der Waals surface area contributed by atoms with Crippen molar-refractivity contribution < 1.29 is 14.7 Å². The average molecular weight is 296 g/mol. The first-order chi connectivity index (χ1) is 9.47. The summed E-state index contributed by atoms with van der Waals surface area (Å²) < 4.78 is 0. The maximum Gasteiger partial charge on any atom is 0.307 e. The standard InChI is InChI=1S/C14H20N2O3S/c1-8-5-11(12(6-8)14(18)19)13(17)15-4-3-10-7-20-9(2)16-10/h7-8,11-12H,3-6H2,1-2H3,(H,15,17)(H,18,19)/t8?,11-,12+/m0/s1. The summed E-state index contributed by atoms with van der Waals surface area (Å²) in [4.78, 5) is 27.6. The fraction of sp³-hybridized carbons (Fsp3) is 0.643. The summed E-state index contributed by atoms with van der Waals surface area (Å²) in [5, 5.41) is 15.0. The number of carbonyl (C=O) groups is 2. The van der Waals surface area contributed by atoms with Gasteiger partial charge >= 0.3 is 5.97 Å². The Morgan fingerprint density at radius 2 is 2.15 bits per heavy atom. The molecule has 1 amide bonds. The highest BCUT2D eigenvalue weighted by molar-refractivity contribution is 7.09. The summed E-state index contributed by atoms with van der Waals surface area (Å²) in [6.45, 7) is 4.46. The van der Waals surface area contributed by atoms with Gasteiger partial charge in [0.25, 0.3) is 0 Å². The van der Waals surface area contributed by atoms with Gasteiger partial charge in [-0.15, -0.1) is 11.3 Å². The molecule has 0 spiro atoms. The molecule has 0 aliphatic heterocycles. The third kappa shape index (κ3) is 3.56. The summed E-state index contributed by atoms with van der Waals surface area (Å²) in [7, 11) is 0. The lowest BCUT2D eigenvalue weighted by atomic mass is 9.95. The van der Waals surface area contributed by atoms with Gasteiger partial charge in [-0.2, -0.15) is 0 Å². The Bertz CT molecular complexity index is 500. The topological polar surface area (TPSA) is 79.3 Å². The van der Waals surface area contributed by atoms with Crippen molar-refractivity contribution in [2.45, 2.75) is 33.1 Å². The predicted molar refractivity (Wildman–Crippen MR) is 76.6 cm³/mol. The lowest BCUT2D eigenvalue weighted by Gasteiger charge is -2.15. The number of nitrogens with zero attached hydrogens (tertiary/aromatic N) is 1. The Balaban J connectivity index is 1.83. The second kappa shape index (κ2) is 6.35. The van der Waals surface area contributed by atoms with Crippen LogP contribution in [0.5, 0.6) is 0 Å². The number of thiazole rings is 1. The summed E-state index contributed by atoms with van der Waals surface area (Å²) in [6.07, 6.45) is 1.95. The number of aromatic nitrogens is 1. The maximum atomic E-state index is 12.1. The van der Waals surface area contributed by atoms with Crippen molar-refractivity contribution in [2.75, 3.05) is 6.54 Å². The van der Waals surface area contributed by atoms with E-state index in [4.69, 9.17) is 5.11 Å². The molecule has 1 fully saturated rings. The Kier molecular flexibility index (Phi) is 4.75. The highest BCUT2D eigenvalue weighted by Gasteiger charge is 2.40. The van der Waals surface area contributed by atoms with Crippen LogP contribution in [0.25, 0.3) is 0 Å². The van der Waals surface area contributed by atoms with Crippen LogP contribution in [0.1, 0.15) is 30.5 Å². The molecule has 2 rings (SSSR count). The van der Waals surface area contributed by atoms with Crippen LogP contribution in [-0.4, -0.2) is 28.5 Å². The lowest BCUT2D eigenvalue weighted by Crippen LogP contribution is -2.36. The van der Waals surface area contributed by atoms with Crippen LogP contribution in [-0.2, 0) is 16.0 Å². The zero-order chi connectivity index (χ0) is 14.7. The van der Waals surface area contributed by atoms with E-state index in [1.54, 1.807) is 11.3 Å². The SMILES string of the molecule is Cc1nc(CCNC(=O)[C@H]2CC(C)C[C@H]2C(=O)O)cs1. The van der Waals surface area contributed by atoms with E-state index in [1.165, 1.54) is 0 Å². The van der Waals surface area contributed by atoms with Crippen LogP contribution >= 0.6 is 11.3 Å². The highest BCUT2D eigenvalue weighted by Crippen LogP contribution is 2.36. The molecule has 20 heavy (non-hydrogen) atoms. The fourth-order valence-electron chi connectivity index (χ4n) is 2.82. The van der Waals surface area contributed by atoms with Crippen LogP contribution in [0.3, 0.4) is 0 Å². The minimum Gasteiger partial charge on any atom is -0.481 e. The number of nitrogens with one attached hydrogen (secondary N) is 1. The minimum absolute atomic E-state index is 0.131. The van der Waals surface area contributed by atoms with E-state index in [0.29, 0.717) is 31.7 Å². The van der Waals surface area contributed by atoms with E-state index in [-0.39, 0.29) is 11.8 Å². The van der Waals surface area contributed by atoms with Gasteiger partial charge in [-0.05, 0) is 25.7 Å². The van der Waals surface area contributed by atoms with Crippen molar-refractivity contribution in [3.8, 4) is 0 Å². The van der Waals surface area contributed by atoms with Crippen molar-refractivity contribution >= 4 is 23.2 Å². The van der Waals surface area contributed by atoms with Crippen molar-refractivity contribution in [1.29, 1.82) is 0 Å². The van der Waals surface area contributed by atoms with Crippen LogP contribution in [0.2, 0.25) is 0 Å². The average Bonchev–Trinajstić information content (AvgIpc) is 2.95. The Labute approximate surface area is 122 Å². The summed E-state index contributed by atoms with van der Waals surface area (Å²) in [6, 6.07) is 0. The van der Waals surface area contributed by atoms with Crippen molar-refractivity contribution in [3.63, 3.8) is 0 Å². The number of aliphatic carboxylic acids is 1. The van der Waals surface area contributed by atoms with Crippen molar-refractivity contribution in [1.82, 2.24) is 10.3 Å². The molecule has 110 valence electrons. The molecule has 1 aliphatic rings. The molecule has 1 aromatic heterocycles. The maximum absolute atomic E-state index is 12.1. The number of amides is 1. The Morgan fingerprint density at radius 1 is 1.45 bits per heavy atom. The van der Waals surface area contributed by atoms with Gasteiger partial charge in [0.05, 0.1) is 22.5 Å². The van der Waals surface area contributed by atoms with Gasteiger partial charge < -0.3 is 10.4 Å². The normalized spacial score (nSPS) is 25.6. The van der Waals surface area contributed by atoms with E-state index >= 15 is 0 Å². The van der Waals surface area contributed by atoms with Gasteiger partial charge in [0, 0.05) is 18.3 Å². The third-order valence-electron chi connectivity index (χ3n) is 3.80. The quantitative estimate of drug-likeness (QED) is 0.869. The van der Waals surface area contributed by atoms with E-state index < -0.39 is 11.9 Å². The molecule has 6 heteroatoms. The van der Waals surface area contributed by atoms with E-state index in [9.17, 15) is 9.59 Å². The first kappa shape index (κ1) is 15.0. The molecule has 0 bridgehead atoms. The fourth-order valence-corrected chi connectivity index (χ4v) is 3.47. The first-order valence-corrected chi connectivity index (χ1v) is 7.77. The molecule has 1 aliphatic carbocycles. The molecule has 0 saturated heterocycles. The van der Waals surface area contributed by atoms with Crippen LogP contribution in [0.4, 0.5) is 0 Å². The number of carbonyl (C=O) groups excluding carboxylic acids is 1. The zero-order valence-corrected chi connectivity index (χ0v) is 12.6. The van der Waals surface area contributed by atoms with Crippen LogP contribution in [0, 0.1) is 24.7 Å². The summed E-state index contributed by atoms with van der Waals surface area (Å²) in [5.74, 6) is -1.61. The number of aryl methyl sites for hydroxylation is 1. The van der Waals surface area contributed by atoms with E-state index in [2.05, 4.69) is 10.3 Å². The zero-order valence-electron chi connectivity index (χ0n) is 11.8. The molecular weight excluding hydrogens is 276 g/mol. The van der Waals surface area contributed by atoms with E-state index in [1.807, 2.05) is 19.2 Å². The summed E-state index contributed by atoms with van der Waals surface area (Å²) in [5.41, 5.74) is 0.974. The Morgan fingerprint density at radius 3 is 2.75 bits per heavy atom. The molecule has 1 aromatic rings. The second-order valence-electron chi connectivity index (χ2n) is 5.53. The second-order valence-corrected chi connectivity index (χ2v) is 6.59. The molecular formula is C14H20N2O3S.